The van der Waals surface area contributed by atoms with Crippen LogP contribution in [0.3, 0.4) is 0 Å². The van der Waals surface area contributed by atoms with E-state index < -0.39 is 9.84 Å². The van der Waals surface area contributed by atoms with Crippen molar-refractivity contribution >= 4 is 32.5 Å². The van der Waals surface area contributed by atoms with Crippen molar-refractivity contribution < 1.29 is 13.2 Å². The Morgan fingerprint density at radius 1 is 1.05 bits per heavy atom. The Balaban J connectivity index is 1.33. The van der Waals surface area contributed by atoms with Crippen LogP contribution in [0.2, 0.25) is 0 Å². The summed E-state index contributed by atoms with van der Waals surface area (Å²) >= 11 is 0. The fraction of sp³-hybridized carbons (Fsp3) is 0.357. The summed E-state index contributed by atoms with van der Waals surface area (Å²) in [5.74, 6) is 1.88. The minimum Gasteiger partial charge on any atom is -0.350 e. The first-order valence-electron chi connectivity index (χ1n) is 13.0. The summed E-state index contributed by atoms with van der Waals surface area (Å²) in [6.45, 7) is 1.43. The Kier molecular flexibility index (Phi) is 6.35. The van der Waals surface area contributed by atoms with Crippen molar-refractivity contribution in [1.29, 1.82) is 0 Å². The number of carbonyl (C=O) groups is 1. The lowest BCUT2D eigenvalue weighted by molar-refractivity contribution is -0.133. The van der Waals surface area contributed by atoms with Crippen molar-refractivity contribution in [3.05, 3.63) is 66.6 Å². The fourth-order valence-electron chi connectivity index (χ4n) is 5.15. The van der Waals surface area contributed by atoms with Crippen molar-refractivity contribution in [2.24, 2.45) is 5.92 Å². The molecule has 0 bridgehead atoms. The summed E-state index contributed by atoms with van der Waals surface area (Å²) in [7, 11) is -3.32. The van der Waals surface area contributed by atoms with E-state index in [1.54, 1.807) is 23.0 Å². The number of hydrogen-bond donors (Lipinski definition) is 1. The van der Waals surface area contributed by atoms with Crippen molar-refractivity contribution in [3.8, 4) is 17.2 Å². The Labute approximate surface area is 221 Å². The molecule has 1 atom stereocenters. The van der Waals surface area contributed by atoms with Crippen LogP contribution in [0.5, 0.6) is 0 Å². The van der Waals surface area contributed by atoms with Gasteiger partial charge in [-0.05, 0) is 48.6 Å². The zero-order chi connectivity index (χ0) is 26.3. The van der Waals surface area contributed by atoms with E-state index in [1.807, 2.05) is 47.4 Å². The van der Waals surface area contributed by atoms with Crippen LogP contribution in [0.25, 0.3) is 28.0 Å². The number of imidazole rings is 1. The van der Waals surface area contributed by atoms with E-state index >= 15 is 0 Å². The van der Waals surface area contributed by atoms with Crippen LogP contribution in [0, 0.1) is 5.92 Å². The van der Waals surface area contributed by atoms with E-state index in [-0.39, 0.29) is 23.6 Å². The molecule has 1 N–H and O–H groups in total. The van der Waals surface area contributed by atoms with E-state index in [0.717, 1.165) is 48.6 Å². The number of sulfone groups is 1. The molecule has 10 heteroatoms. The van der Waals surface area contributed by atoms with Gasteiger partial charge in [0.2, 0.25) is 11.9 Å². The van der Waals surface area contributed by atoms with Crippen LogP contribution in [0.4, 0.5) is 5.95 Å². The number of likely N-dealkylation sites (tertiary alicyclic amines) is 1. The summed E-state index contributed by atoms with van der Waals surface area (Å²) in [4.78, 5) is 28.4. The van der Waals surface area contributed by atoms with Gasteiger partial charge in [0.05, 0.1) is 17.6 Å². The number of piperidine rings is 1. The molecule has 4 aromatic rings. The Morgan fingerprint density at radius 2 is 1.87 bits per heavy atom. The van der Waals surface area contributed by atoms with E-state index in [4.69, 9.17) is 4.98 Å². The van der Waals surface area contributed by atoms with Gasteiger partial charge in [-0.15, -0.1) is 0 Å². The first kappa shape index (κ1) is 24.5. The van der Waals surface area contributed by atoms with Gasteiger partial charge in [0.1, 0.15) is 11.6 Å². The van der Waals surface area contributed by atoms with Crippen LogP contribution >= 0.6 is 0 Å². The van der Waals surface area contributed by atoms with Crippen molar-refractivity contribution in [2.75, 3.05) is 24.7 Å². The van der Waals surface area contributed by atoms with Gasteiger partial charge in [-0.1, -0.05) is 36.4 Å². The topological polar surface area (TPSA) is 110 Å². The molecule has 1 saturated carbocycles. The lowest BCUT2D eigenvalue weighted by atomic mass is 10.1. The van der Waals surface area contributed by atoms with Gasteiger partial charge in [-0.2, -0.15) is 4.98 Å². The lowest BCUT2D eigenvalue weighted by Gasteiger charge is -2.33. The van der Waals surface area contributed by atoms with Crippen LogP contribution < -0.4 is 5.32 Å². The summed E-state index contributed by atoms with van der Waals surface area (Å²) in [5, 5.41) is 5.59. The number of nitrogens with zero attached hydrogens (tertiary/aromatic N) is 5. The summed E-state index contributed by atoms with van der Waals surface area (Å²) < 4.78 is 26.3. The van der Waals surface area contributed by atoms with Crippen molar-refractivity contribution in [1.82, 2.24) is 24.4 Å². The summed E-state index contributed by atoms with van der Waals surface area (Å²) in [6, 6.07) is 15.9. The van der Waals surface area contributed by atoms with Gasteiger partial charge >= 0.3 is 0 Å². The highest BCUT2D eigenvalue weighted by molar-refractivity contribution is 7.89. The summed E-state index contributed by atoms with van der Waals surface area (Å²) in [5.41, 5.74) is 1.39. The molecule has 1 saturated heterocycles. The zero-order valence-electron chi connectivity index (χ0n) is 21.2. The molecular formula is C28H30N6O3S. The maximum absolute atomic E-state index is 12.6. The Morgan fingerprint density at radius 3 is 2.66 bits per heavy atom. The minimum absolute atomic E-state index is 0.0555. The quantitative estimate of drug-likeness (QED) is 0.387. The van der Waals surface area contributed by atoms with E-state index in [1.165, 1.54) is 6.26 Å². The molecule has 6 rings (SSSR count). The Bertz CT molecular complexity index is 1610. The number of aromatic nitrogens is 4. The average Bonchev–Trinajstić information content (AvgIpc) is 3.68. The number of rotatable bonds is 7. The molecule has 0 radical (unpaired) electrons. The molecule has 2 aromatic heterocycles. The second-order valence-electron chi connectivity index (χ2n) is 10.3. The van der Waals surface area contributed by atoms with Crippen LogP contribution in [0.1, 0.15) is 31.4 Å². The molecule has 2 aliphatic rings. The van der Waals surface area contributed by atoms with E-state index in [2.05, 4.69) is 15.3 Å². The first-order chi connectivity index (χ1) is 18.3. The van der Waals surface area contributed by atoms with Gasteiger partial charge in [0.15, 0.2) is 9.84 Å². The predicted molar refractivity (Wildman–Crippen MR) is 147 cm³/mol. The summed E-state index contributed by atoms with van der Waals surface area (Å²) in [6.07, 6.45) is 8.33. The zero-order valence-corrected chi connectivity index (χ0v) is 22.1. The van der Waals surface area contributed by atoms with Crippen molar-refractivity contribution in [2.45, 2.75) is 37.5 Å². The molecule has 0 spiro atoms. The highest BCUT2D eigenvalue weighted by Crippen LogP contribution is 2.32. The molecule has 1 aliphatic heterocycles. The molecule has 3 heterocycles. The number of benzene rings is 2. The third-order valence-electron chi connectivity index (χ3n) is 7.12. The van der Waals surface area contributed by atoms with E-state index in [0.29, 0.717) is 29.8 Å². The third kappa shape index (κ3) is 5.26. The monoisotopic (exact) mass is 530 g/mol. The number of carbonyl (C=O) groups excluding carboxylic acids is 1. The maximum Gasteiger partial charge on any atom is 0.225 e. The van der Waals surface area contributed by atoms with Gasteiger partial charge in [0, 0.05) is 43.1 Å². The Hall–Kier alpha value is -3.79. The number of anilines is 1. The van der Waals surface area contributed by atoms with Crippen molar-refractivity contribution in [3.63, 3.8) is 0 Å². The normalized spacial score (nSPS) is 18.0. The second kappa shape index (κ2) is 9.83. The van der Waals surface area contributed by atoms with Crippen LogP contribution in [-0.2, 0) is 20.4 Å². The maximum atomic E-state index is 12.6. The molecule has 9 nitrogen and oxygen atoms in total. The van der Waals surface area contributed by atoms with E-state index in [9.17, 15) is 13.2 Å². The molecule has 2 fully saturated rings. The van der Waals surface area contributed by atoms with Crippen LogP contribution in [0.15, 0.2) is 60.9 Å². The lowest BCUT2D eigenvalue weighted by Crippen LogP contribution is -2.45. The standard InChI is InChI=1S/C28H30N6O3S/c1-38(36,37)18-24-16-30-26(22-11-8-19-5-2-3-6-21(19)15-22)34(24)25-12-13-29-28(32-25)31-23-7-4-14-33(17-23)27(35)20-9-10-20/h2-3,5-6,8,11-13,15-16,20,23H,4,7,9-10,14,17-18H2,1H3,(H,29,31,32)/t23-/m0/s1. The molecular weight excluding hydrogens is 500 g/mol. The first-order valence-corrected chi connectivity index (χ1v) is 15.0. The number of fused-ring (bicyclic) bond motifs is 1. The average molecular weight is 531 g/mol. The number of amides is 1. The smallest absolute Gasteiger partial charge is 0.225 e. The number of nitrogens with one attached hydrogen (secondary N) is 1. The second-order valence-corrected chi connectivity index (χ2v) is 12.5. The largest absolute Gasteiger partial charge is 0.350 e. The number of hydrogen-bond acceptors (Lipinski definition) is 7. The fourth-order valence-corrected chi connectivity index (χ4v) is 5.90. The van der Waals surface area contributed by atoms with Crippen LogP contribution in [-0.4, -0.2) is 64.1 Å². The highest BCUT2D eigenvalue weighted by atomic mass is 32.2. The van der Waals surface area contributed by atoms with Gasteiger partial charge < -0.3 is 10.2 Å². The third-order valence-corrected chi connectivity index (χ3v) is 7.94. The highest BCUT2D eigenvalue weighted by Gasteiger charge is 2.35. The molecule has 38 heavy (non-hydrogen) atoms. The SMILES string of the molecule is CS(=O)(=O)Cc1cnc(-c2ccc3ccccc3c2)n1-c1ccnc(N[C@H]2CCCN(C(=O)C3CC3)C2)n1. The molecule has 0 unspecified atom stereocenters. The van der Waals surface area contributed by atoms with Gasteiger partial charge in [-0.3, -0.25) is 9.36 Å². The minimum atomic E-state index is -3.32. The molecule has 2 aromatic carbocycles. The molecule has 196 valence electrons. The predicted octanol–water partition coefficient (Wildman–Crippen LogP) is 3.84. The molecule has 1 aliphatic carbocycles. The molecule has 1 amide bonds. The van der Waals surface area contributed by atoms with Gasteiger partial charge in [-0.25, -0.2) is 18.4 Å². The van der Waals surface area contributed by atoms with Gasteiger partial charge in [0.25, 0.3) is 0 Å².